The van der Waals surface area contributed by atoms with E-state index >= 15 is 0 Å². The van der Waals surface area contributed by atoms with Crippen LogP contribution >= 0.6 is 12.6 Å². The fourth-order valence-electron chi connectivity index (χ4n) is 3.92. The van der Waals surface area contributed by atoms with Crippen LogP contribution in [-0.4, -0.2) is 42.7 Å². The molecule has 0 bridgehead atoms. The number of hydrogen-bond donors (Lipinski definition) is 2. The molecule has 2 aliphatic rings. The van der Waals surface area contributed by atoms with Gasteiger partial charge in [-0.3, -0.25) is 4.90 Å². The first-order chi connectivity index (χ1) is 12.4. The standard InChI is InChI=1S/C19H27N3O3S/c1-4-16(26)12(2)22(18(23)24-3)15-7-5-6-13-10-19(9-8-14(13)15)11-25-17(20)21-19/h5-7,12,16,26H,4,8-11H2,1-3H3,(H2,20,21)/t12?,16-,19+/m1/s1. The first kappa shape index (κ1) is 18.9. The van der Waals surface area contributed by atoms with E-state index in [1.807, 2.05) is 19.1 Å². The molecule has 142 valence electrons. The lowest BCUT2D eigenvalue weighted by atomic mass is 9.78. The Labute approximate surface area is 160 Å². The number of nitrogens with two attached hydrogens (primary N) is 1. The normalized spacial score (nSPS) is 23.6. The van der Waals surface area contributed by atoms with Gasteiger partial charge in [-0.1, -0.05) is 19.1 Å². The fourth-order valence-corrected chi connectivity index (χ4v) is 4.06. The Morgan fingerprint density at radius 3 is 2.92 bits per heavy atom. The van der Waals surface area contributed by atoms with Crippen molar-refractivity contribution in [2.45, 2.75) is 56.4 Å². The van der Waals surface area contributed by atoms with E-state index in [1.165, 1.54) is 18.2 Å². The molecule has 0 fully saturated rings. The Morgan fingerprint density at radius 1 is 1.54 bits per heavy atom. The summed E-state index contributed by atoms with van der Waals surface area (Å²) in [5.41, 5.74) is 8.72. The van der Waals surface area contributed by atoms with E-state index in [0.29, 0.717) is 6.61 Å². The molecule has 0 saturated carbocycles. The summed E-state index contributed by atoms with van der Waals surface area (Å²) >= 11 is 4.65. The molecule has 3 rings (SSSR count). The molecular formula is C19H27N3O3S. The fraction of sp³-hybridized carbons (Fsp3) is 0.579. The van der Waals surface area contributed by atoms with Gasteiger partial charge in [-0.25, -0.2) is 9.79 Å². The number of fused-ring (bicyclic) bond motifs is 1. The molecule has 0 saturated heterocycles. The van der Waals surface area contributed by atoms with Crippen LogP contribution in [0.3, 0.4) is 0 Å². The van der Waals surface area contributed by atoms with Crippen molar-refractivity contribution in [3.8, 4) is 0 Å². The van der Waals surface area contributed by atoms with Gasteiger partial charge in [0.2, 0.25) is 0 Å². The van der Waals surface area contributed by atoms with Crippen LogP contribution in [0.25, 0.3) is 0 Å². The number of ether oxygens (including phenoxy) is 2. The highest BCUT2D eigenvalue weighted by Gasteiger charge is 2.41. The lowest BCUT2D eigenvalue weighted by Crippen LogP contribution is -2.45. The van der Waals surface area contributed by atoms with E-state index in [1.54, 1.807) is 4.90 Å². The van der Waals surface area contributed by atoms with Crippen molar-refractivity contribution in [2.75, 3.05) is 18.6 Å². The number of methoxy groups -OCH3 is 1. The topological polar surface area (TPSA) is 77.2 Å². The number of aliphatic imine (C=N–C) groups is 1. The number of carbonyl (C=O) groups excluding carboxylic acids is 1. The van der Waals surface area contributed by atoms with Crippen LogP contribution in [0.5, 0.6) is 0 Å². The average molecular weight is 378 g/mol. The molecule has 1 aliphatic heterocycles. The van der Waals surface area contributed by atoms with Crippen LogP contribution in [0.1, 0.15) is 37.8 Å². The monoisotopic (exact) mass is 377 g/mol. The first-order valence-electron chi connectivity index (χ1n) is 9.05. The summed E-state index contributed by atoms with van der Waals surface area (Å²) in [6.07, 6.45) is 2.93. The lowest BCUT2D eigenvalue weighted by Gasteiger charge is -2.36. The summed E-state index contributed by atoms with van der Waals surface area (Å²) in [6, 6.07) is 6.26. The van der Waals surface area contributed by atoms with Crippen molar-refractivity contribution >= 4 is 30.4 Å². The van der Waals surface area contributed by atoms with Crippen molar-refractivity contribution in [3.05, 3.63) is 29.3 Å². The van der Waals surface area contributed by atoms with Crippen molar-refractivity contribution in [1.29, 1.82) is 0 Å². The minimum Gasteiger partial charge on any atom is -0.463 e. The molecule has 26 heavy (non-hydrogen) atoms. The third-order valence-corrected chi connectivity index (χ3v) is 6.25. The molecule has 1 aromatic carbocycles. The molecule has 1 amide bonds. The Hall–Kier alpha value is -1.89. The number of benzene rings is 1. The van der Waals surface area contributed by atoms with Crippen molar-refractivity contribution in [2.24, 2.45) is 10.7 Å². The maximum absolute atomic E-state index is 12.6. The van der Waals surface area contributed by atoms with Gasteiger partial charge in [-0.2, -0.15) is 12.6 Å². The maximum Gasteiger partial charge on any atom is 0.414 e. The van der Waals surface area contributed by atoms with E-state index in [9.17, 15) is 4.79 Å². The predicted octanol–water partition coefficient (Wildman–Crippen LogP) is 2.93. The number of amidine groups is 1. The zero-order valence-corrected chi connectivity index (χ0v) is 16.5. The molecule has 3 atom stereocenters. The Balaban J connectivity index is 1.98. The van der Waals surface area contributed by atoms with Crippen LogP contribution in [0.15, 0.2) is 23.2 Å². The Kier molecular flexibility index (Phi) is 5.37. The number of anilines is 1. The SMILES string of the molecule is CC[C@@H](S)C(C)N(C(=O)OC)c1cccc2c1CC[C@@]1(COC(N)=N1)C2. The zero-order valence-electron chi connectivity index (χ0n) is 15.6. The van der Waals surface area contributed by atoms with Gasteiger partial charge < -0.3 is 15.2 Å². The molecule has 7 heteroatoms. The second-order valence-corrected chi connectivity index (χ2v) is 7.77. The minimum absolute atomic E-state index is 0.0625. The van der Waals surface area contributed by atoms with E-state index in [2.05, 4.69) is 30.6 Å². The summed E-state index contributed by atoms with van der Waals surface area (Å²) in [6.45, 7) is 4.60. The van der Waals surface area contributed by atoms with Crippen LogP contribution in [0, 0.1) is 0 Å². The van der Waals surface area contributed by atoms with Crippen molar-refractivity contribution in [3.63, 3.8) is 0 Å². The molecule has 0 aromatic heterocycles. The molecule has 1 spiro atoms. The summed E-state index contributed by atoms with van der Waals surface area (Å²) < 4.78 is 10.5. The number of thiol groups is 1. The summed E-state index contributed by atoms with van der Waals surface area (Å²) in [4.78, 5) is 18.8. The average Bonchev–Trinajstić information content (AvgIpc) is 3.00. The van der Waals surface area contributed by atoms with E-state index < -0.39 is 0 Å². The van der Waals surface area contributed by atoms with Gasteiger partial charge in [0.1, 0.15) is 12.1 Å². The quantitative estimate of drug-likeness (QED) is 0.791. The smallest absolute Gasteiger partial charge is 0.414 e. The predicted molar refractivity (Wildman–Crippen MR) is 106 cm³/mol. The van der Waals surface area contributed by atoms with Gasteiger partial charge in [0.15, 0.2) is 0 Å². The summed E-state index contributed by atoms with van der Waals surface area (Å²) in [5.74, 6) is 0. The third-order valence-electron chi connectivity index (χ3n) is 5.46. The van der Waals surface area contributed by atoms with Crippen molar-refractivity contribution < 1.29 is 14.3 Å². The summed E-state index contributed by atoms with van der Waals surface area (Å²) in [7, 11) is 1.42. The number of nitrogens with zero attached hydrogens (tertiary/aromatic N) is 2. The highest BCUT2D eigenvalue weighted by molar-refractivity contribution is 7.81. The van der Waals surface area contributed by atoms with Crippen LogP contribution in [-0.2, 0) is 22.3 Å². The number of rotatable bonds is 4. The molecule has 1 heterocycles. The van der Waals surface area contributed by atoms with Crippen LogP contribution in [0.4, 0.5) is 10.5 Å². The van der Waals surface area contributed by atoms with Crippen molar-refractivity contribution in [1.82, 2.24) is 0 Å². The zero-order chi connectivity index (χ0) is 18.9. The Morgan fingerprint density at radius 2 is 2.31 bits per heavy atom. The van der Waals surface area contributed by atoms with Crippen LogP contribution < -0.4 is 10.6 Å². The third kappa shape index (κ3) is 3.37. The second-order valence-electron chi connectivity index (χ2n) is 7.11. The van der Waals surface area contributed by atoms with E-state index in [0.717, 1.165) is 31.4 Å². The molecule has 2 N–H and O–H groups in total. The lowest BCUT2D eigenvalue weighted by molar-refractivity contribution is 0.176. The maximum atomic E-state index is 12.6. The number of hydrogen-bond acceptors (Lipinski definition) is 6. The van der Waals surface area contributed by atoms with Gasteiger partial charge in [0.05, 0.1) is 12.8 Å². The van der Waals surface area contributed by atoms with Gasteiger partial charge in [0.25, 0.3) is 6.02 Å². The largest absolute Gasteiger partial charge is 0.463 e. The Bertz CT molecular complexity index is 724. The molecule has 1 aliphatic carbocycles. The van der Waals surface area contributed by atoms with Gasteiger partial charge >= 0.3 is 6.09 Å². The highest BCUT2D eigenvalue weighted by atomic mass is 32.1. The van der Waals surface area contributed by atoms with Gasteiger partial charge in [0, 0.05) is 17.7 Å². The number of carbonyl (C=O) groups is 1. The van der Waals surface area contributed by atoms with Crippen LogP contribution in [0.2, 0.25) is 0 Å². The molecular weight excluding hydrogens is 350 g/mol. The molecule has 1 unspecified atom stereocenters. The van der Waals surface area contributed by atoms with Gasteiger partial charge in [-0.15, -0.1) is 0 Å². The second kappa shape index (κ2) is 7.39. The molecule has 6 nitrogen and oxygen atoms in total. The number of amides is 1. The highest BCUT2D eigenvalue weighted by Crippen LogP contribution is 2.39. The first-order valence-corrected chi connectivity index (χ1v) is 9.56. The van der Waals surface area contributed by atoms with Gasteiger partial charge in [-0.05, 0) is 43.4 Å². The van der Waals surface area contributed by atoms with E-state index in [-0.39, 0.29) is 28.9 Å². The minimum atomic E-state index is -0.356. The summed E-state index contributed by atoms with van der Waals surface area (Å²) in [5, 5.41) is 0.0625. The molecule has 0 radical (unpaired) electrons. The molecule has 1 aromatic rings. The van der Waals surface area contributed by atoms with E-state index in [4.69, 9.17) is 15.2 Å².